The highest BCUT2D eigenvalue weighted by Crippen LogP contribution is 2.31. The third-order valence-electron chi connectivity index (χ3n) is 4.71. The number of rotatable bonds is 5. The van der Waals surface area contributed by atoms with Crippen molar-refractivity contribution in [2.24, 2.45) is 0 Å². The highest BCUT2D eigenvalue weighted by atomic mass is 16.4. The molecule has 8 nitrogen and oxygen atoms in total. The molecule has 4 rings (SSSR count). The van der Waals surface area contributed by atoms with Gasteiger partial charge in [0.25, 0.3) is 0 Å². The molecule has 4 aromatic rings. The van der Waals surface area contributed by atoms with Gasteiger partial charge in [0, 0.05) is 41.2 Å². The van der Waals surface area contributed by atoms with E-state index in [0.29, 0.717) is 22.3 Å². The molecule has 3 aromatic heterocycles. The molecule has 0 aliphatic heterocycles. The molecule has 142 valence electrons. The summed E-state index contributed by atoms with van der Waals surface area (Å²) in [4.78, 5) is 27.7. The lowest BCUT2D eigenvalue weighted by Crippen LogP contribution is -2.08. The third-order valence-corrected chi connectivity index (χ3v) is 4.71. The molecule has 3 heterocycles. The van der Waals surface area contributed by atoms with E-state index >= 15 is 0 Å². The second kappa shape index (κ2) is 6.58. The van der Waals surface area contributed by atoms with Gasteiger partial charge < -0.3 is 14.8 Å². The smallest absolute Gasteiger partial charge is 0.323 e. The van der Waals surface area contributed by atoms with Crippen LogP contribution in [0.4, 0.5) is 0 Å². The number of hydrogen-bond acceptors (Lipinski definition) is 5. The Bertz CT molecular complexity index is 1250. The van der Waals surface area contributed by atoms with Crippen LogP contribution in [0, 0.1) is 6.92 Å². The van der Waals surface area contributed by atoms with Crippen LogP contribution < -0.4 is 0 Å². The molecule has 0 amide bonds. The Labute approximate surface area is 159 Å². The SMILES string of the molecule is CC(=O)c1cn(CC(=O)O)c2c(C)cc(-c3cnc4cc(CO)nn4c3)cc12. The van der Waals surface area contributed by atoms with Crippen molar-refractivity contribution in [3.8, 4) is 11.1 Å². The summed E-state index contributed by atoms with van der Waals surface area (Å²) in [5.74, 6) is -1.09. The first-order valence-corrected chi connectivity index (χ1v) is 8.69. The number of carbonyl (C=O) groups excluding carboxylic acids is 1. The van der Waals surface area contributed by atoms with Crippen molar-refractivity contribution in [1.82, 2.24) is 19.2 Å². The second-order valence-electron chi connectivity index (χ2n) is 6.75. The standard InChI is InChI=1S/C20H18N4O4/c1-11-3-13(14-6-21-18-5-15(10-25)22-24(18)7-14)4-16-17(12(2)26)8-23(20(11)16)9-19(27)28/h3-8,25H,9-10H2,1-2H3,(H,27,28). The maximum absolute atomic E-state index is 12.1. The summed E-state index contributed by atoms with van der Waals surface area (Å²) in [5.41, 5.74) is 4.87. The van der Waals surface area contributed by atoms with Gasteiger partial charge in [-0.05, 0) is 37.1 Å². The summed E-state index contributed by atoms with van der Waals surface area (Å²) < 4.78 is 3.19. The first kappa shape index (κ1) is 17.9. The molecule has 8 heteroatoms. The summed E-state index contributed by atoms with van der Waals surface area (Å²) in [6, 6.07) is 5.51. The molecule has 0 bridgehead atoms. The summed E-state index contributed by atoms with van der Waals surface area (Å²) in [7, 11) is 0. The van der Waals surface area contributed by atoms with E-state index < -0.39 is 5.97 Å². The molecule has 0 radical (unpaired) electrons. The van der Waals surface area contributed by atoms with Crippen LogP contribution in [0.2, 0.25) is 0 Å². The summed E-state index contributed by atoms with van der Waals surface area (Å²) in [6.07, 6.45) is 5.12. The first-order valence-electron chi connectivity index (χ1n) is 8.69. The number of Topliss-reactive ketones (excluding diaryl/α,β-unsaturated/α-hetero) is 1. The van der Waals surface area contributed by atoms with Gasteiger partial charge in [-0.15, -0.1) is 0 Å². The van der Waals surface area contributed by atoms with Crippen molar-refractivity contribution in [3.05, 3.63) is 53.6 Å². The Hall–Kier alpha value is -3.52. The molecule has 0 saturated carbocycles. The molecule has 1 aromatic carbocycles. The van der Waals surface area contributed by atoms with Crippen molar-refractivity contribution in [2.45, 2.75) is 27.0 Å². The van der Waals surface area contributed by atoms with Crippen molar-refractivity contribution in [3.63, 3.8) is 0 Å². The number of aliphatic hydroxyl groups excluding tert-OH is 1. The number of nitrogens with zero attached hydrogens (tertiary/aromatic N) is 4. The van der Waals surface area contributed by atoms with Gasteiger partial charge in [-0.1, -0.05) is 0 Å². The van der Waals surface area contributed by atoms with Crippen LogP contribution in [0.15, 0.2) is 36.8 Å². The molecule has 0 saturated heterocycles. The van der Waals surface area contributed by atoms with Crippen LogP contribution in [0.5, 0.6) is 0 Å². The lowest BCUT2D eigenvalue weighted by atomic mass is 10.0. The fraction of sp³-hybridized carbons (Fsp3) is 0.200. The molecule has 0 unspecified atom stereocenters. The summed E-state index contributed by atoms with van der Waals surface area (Å²) in [5, 5.41) is 23.4. The van der Waals surface area contributed by atoms with Crippen molar-refractivity contribution < 1.29 is 19.8 Å². The lowest BCUT2D eigenvalue weighted by molar-refractivity contribution is -0.137. The van der Waals surface area contributed by atoms with Crippen LogP contribution in [0.1, 0.15) is 28.5 Å². The van der Waals surface area contributed by atoms with E-state index in [2.05, 4.69) is 10.1 Å². The number of carbonyl (C=O) groups is 2. The zero-order chi connectivity index (χ0) is 20.0. The van der Waals surface area contributed by atoms with Crippen LogP contribution >= 0.6 is 0 Å². The van der Waals surface area contributed by atoms with Crippen LogP contribution in [0.3, 0.4) is 0 Å². The molecule has 2 N–H and O–H groups in total. The van der Waals surface area contributed by atoms with Crippen LogP contribution in [-0.4, -0.2) is 41.1 Å². The van der Waals surface area contributed by atoms with E-state index in [1.165, 1.54) is 6.92 Å². The molecule has 0 aliphatic carbocycles. The van der Waals surface area contributed by atoms with Gasteiger partial charge in [-0.3, -0.25) is 9.59 Å². The topological polar surface area (TPSA) is 110 Å². The Morgan fingerprint density at radius 1 is 1.14 bits per heavy atom. The number of aryl methyl sites for hydroxylation is 1. The minimum Gasteiger partial charge on any atom is -0.480 e. The summed E-state index contributed by atoms with van der Waals surface area (Å²) in [6.45, 7) is 2.98. The fourth-order valence-corrected chi connectivity index (χ4v) is 3.53. The lowest BCUT2D eigenvalue weighted by Gasteiger charge is -2.08. The Morgan fingerprint density at radius 3 is 2.61 bits per heavy atom. The van der Waals surface area contributed by atoms with E-state index in [1.54, 1.807) is 27.5 Å². The minimum absolute atomic E-state index is 0.126. The van der Waals surface area contributed by atoms with Gasteiger partial charge >= 0.3 is 5.97 Å². The number of aliphatic hydroxyl groups is 1. The van der Waals surface area contributed by atoms with E-state index in [1.807, 2.05) is 25.3 Å². The first-order chi connectivity index (χ1) is 13.4. The van der Waals surface area contributed by atoms with Crippen LogP contribution in [0.25, 0.3) is 27.7 Å². The van der Waals surface area contributed by atoms with Gasteiger partial charge in [0.1, 0.15) is 6.54 Å². The molecule has 0 atom stereocenters. The number of benzene rings is 1. The van der Waals surface area contributed by atoms with Gasteiger partial charge in [-0.25, -0.2) is 9.50 Å². The number of carboxylic acids is 1. The highest BCUT2D eigenvalue weighted by molar-refractivity contribution is 6.08. The highest BCUT2D eigenvalue weighted by Gasteiger charge is 2.17. The number of fused-ring (bicyclic) bond motifs is 2. The maximum atomic E-state index is 12.1. The largest absolute Gasteiger partial charge is 0.480 e. The quantitative estimate of drug-likeness (QED) is 0.516. The fourth-order valence-electron chi connectivity index (χ4n) is 3.53. The van der Waals surface area contributed by atoms with E-state index in [-0.39, 0.29) is 18.9 Å². The average molecular weight is 378 g/mol. The molecular weight excluding hydrogens is 360 g/mol. The Balaban J connectivity index is 1.92. The zero-order valence-corrected chi connectivity index (χ0v) is 15.4. The Morgan fingerprint density at radius 2 is 1.93 bits per heavy atom. The normalized spacial score (nSPS) is 11.4. The molecule has 0 spiro atoms. The van der Waals surface area contributed by atoms with Gasteiger partial charge in [-0.2, -0.15) is 5.10 Å². The predicted octanol–water partition coefficient (Wildman–Crippen LogP) is 2.44. The molecule has 28 heavy (non-hydrogen) atoms. The zero-order valence-electron chi connectivity index (χ0n) is 15.4. The summed E-state index contributed by atoms with van der Waals surface area (Å²) >= 11 is 0. The molecular formula is C20H18N4O4. The van der Waals surface area contributed by atoms with Crippen molar-refractivity contribution in [2.75, 3.05) is 0 Å². The van der Waals surface area contributed by atoms with Gasteiger partial charge in [0.15, 0.2) is 11.4 Å². The third kappa shape index (κ3) is 2.93. The molecule has 0 aliphatic rings. The average Bonchev–Trinajstić information content (AvgIpc) is 3.22. The predicted molar refractivity (Wildman–Crippen MR) is 102 cm³/mol. The van der Waals surface area contributed by atoms with Gasteiger partial charge in [0.05, 0.1) is 17.8 Å². The Kier molecular flexibility index (Phi) is 4.20. The second-order valence-corrected chi connectivity index (χ2v) is 6.75. The maximum Gasteiger partial charge on any atom is 0.323 e. The minimum atomic E-state index is -0.969. The number of ketones is 1. The van der Waals surface area contributed by atoms with Crippen molar-refractivity contribution >= 4 is 28.3 Å². The van der Waals surface area contributed by atoms with E-state index in [9.17, 15) is 19.8 Å². The number of hydrogen-bond donors (Lipinski definition) is 2. The van der Waals surface area contributed by atoms with Crippen LogP contribution in [-0.2, 0) is 17.9 Å². The number of aliphatic carboxylic acids is 1. The monoisotopic (exact) mass is 378 g/mol. The number of aromatic nitrogens is 4. The molecule has 0 fully saturated rings. The van der Waals surface area contributed by atoms with E-state index in [4.69, 9.17) is 0 Å². The number of carboxylic acid groups (broad SMARTS) is 1. The van der Waals surface area contributed by atoms with Gasteiger partial charge in [0.2, 0.25) is 0 Å². The van der Waals surface area contributed by atoms with Crippen molar-refractivity contribution in [1.29, 1.82) is 0 Å². The van der Waals surface area contributed by atoms with E-state index in [0.717, 1.165) is 22.2 Å².